The maximum absolute atomic E-state index is 14.1. The Labute approximate surface area is 240 Å². The molecule has 15 heteroatoms. The predicted molar refractivity (Wildman–Crippen MR) is 148 cm³/mol. The van der Waals surface area contributed by atoms with Crippen LogP contribution in [0.25, 0.3) is 11.1 Å². The number of nitriles is 1. The first-order valence-corrected chi connectivity index (χ1v) is 15.1. The van der Waals surface area contributed by atoms with Crippen LogP contribution in [0.2, 0.25) is 5.02 Å². The van der Waals surface area contributed by atoms with E-state index in [0.29, 0.717) is 0 Å². The van der Waals surface area contributed by atoms with Crippen LogP contribution in [0.1, 0.15) is 26.3 Å². The fourth-order valence-electron chi connectivity index (χ4n) is 3.95. The van der Waals surface area contributed by atoms with Gasteiger partial charge in [0, 0.05) is 37.4 Å². The van der Waals surface area contributed by atoms with E-state index >= 15 is 0 Å². The number of carbonyl (C=O) groups is 1. The molecule has 0 bridgehead atoms. The van der Waals surface area contributed by atoms with Crippen molar-refractivity contribution in [3.63, 3.8) is 0 Å². The van der Waals surface area contributed by atoms with Crippen molar-refractivity contribution in [3.05, 3.63) is 47.0 Å². The van der Waals surface area contributed by atoms with Gasteiger partial charge in [-0.25, -0.2) is 13.2 Å². The molecular weight excluding hydrogens is 591 g/mol. The van der Waals surface area contributed by atoms with E-state index < -0.39 is 39.0 Å². The number of sulfonamides is 1. The van der Waals surface area contributed by atoms with Gasteiger partial charge in [-0.3, -0.25) is 5.32 Å². The Morgan fingerprint density at radius 3 is 2.23 bits per heavy atom. The lowest BCUT2D eigenvalue weighted by atomic mass is 9.98. The second-order valence-electron chi connectivity index (χ2n) is 9.79. The third-order valence-corrected chi connectivity index (χ3v) is 8.71. The number of hydrogen-bond donors (Lipinski definition) is 2. The molecule has 3 rings (SSSR count). The Kier molecular flexibility index (Phi) is 9.77. The first-order chi connectivity index (χ1) is 18.6. The van der Waals surface area contributed by atoms with Gasteiger partial charge in [-0.2, -0.15) is 22.7 Å². The summed E-state index contributed by atoms with van der Waals surface area (Å²) in [4.78, 5) is 13.6. The molecule has 2 aromatic rings. The van der Waals surface area contributed by atoms with E-state index in [-0.39, 0.29) is 52.9 Å². The summed E-state index contributed by atoms with van der Waals surface area (Å²) >= 11 is 7.48. The monoisotopic (exact) mass is 619 g/mol. The van der Waals surface area contributed by atoms with Gasteiger partial charge in [-0.1, -0.05) is 23.7 Å². The van der Waals surface area contributed by atoms with Gasteiger partial charge in [-0.15, -0.1) is 11.8 Å². The normalized spacial score (nSPS) is 15.7. The van der Waals surface area contributed by atoms with Crippen LogP contribution >= 0.6 is 23.4 Å². The number of carbonyl (C=O) groups excluding carboxylic acids is 1. The first-order valence-electron chi connectivity index (χ1n) is 12.0. The zero-order valence-corrected chi connectivity index (χ0v) is 24.6. The van der Waals surface area contributed by atoms with Crippen molar-refractivity contribution in [2.24, 2.45) is 0 Å². The van der Waals surface area contributed by atoms with Gasteiger partial charge >= 0.3 is 12.3 Å². The van der Waals surface area contributed by atoms with Crippen molar-refractivity contribution in [2.45, 2.75) is 42.9 Å². The number of halogens is 4. The Morgan fingerprint density at radius 1 is 1.12 bits per heavy atom. The zero-order chi connectivity index (χ0) is 29.9. The smallest absolute Gasteiger partial charge is 0.417 e. The van der Waals surface area contributed by atoms with Crippen molar-refractivity contribution in [1.29, 1.82) is 5.26 Å². The molecule has 1 aliphatic rings. The maximum Gasteiger partial charge on any atom is 0.417 e. The van der Waals surface area contributed by atoms with Crippen LogP contribution in [0.5, 0.6) is 0 Å². The fourth-order valence-corrected chi connectivity index (χ4v) is 6.13. The van der Waals surface area contributed by atoms with Gasteiger partial charge in [0.15, 0.2) is 11.7 Å². The Morgan fingerprint density at radius 2 is 1.73 bits per heavy atom. The molecule has 1 heterocycles. The molecule has 0 radical (unpaired) electrons. The lowest BCUT2D eigenvalue weighted by Gasteiger charge is -2.35. The summed E-state index contributed by atoms with van der Waals surface area (Å²) < 4.78 is 75.1. The number of piperazine rings is 1. The van der Waals surface area contributed by atoms with E-state index in [9.17, 15) is 26.4 Å². The highest BCUT2D eigenvalue weighted by Crippen LogP contribution is 2.43. The third-order valence-electron chi connectivity index (χ3n) is 5.80. The maximum atomic E-state index is 14.1. The molecule has 1 fully saturated rings. The van der Waals surface area contributed by atoms with Crippen molar-refractivity contribution in [1.82, 2.24) is 14.5 Å². The Hall–Kier alpha value is -2.86. The molecular formula is C25H29ClF3N5O4S2. The van der Waals surface area contributed by atoms with Crippen LogP contribution in [-0.4, -0.2) is 67.2 Å². The van der Waals surface area contributed by atoms with Gasteiger partial charge in [-0.05, 0) is 56.9 Å². The molecule has 2 N–H and O–H groups in total. The average molecular weight is 620 g/mol. The lowest BCUT2D eigenvalue weighted by Crippen LogP contribution is -2.51. The number of nitrogens with zero attached hydrogens (tertiary/aromatic N) is 3. The fraction of sp³-hybridized carbons (Fsp3) is 0.440. The molecule has 2 aromatic carbocycles. The zero-order valence-electron chi connectivity index (χ0n) is 22.2. The van der Waals surface area contributed by atoms with Gasteiger partial charge in [0.05, 0.1) is 15.5 Å². The summed E-state index contributed by atoms with van der Waals surface area (Å²) in [6, 6.07) is 7.20. The topological polar surface area (TPSA) is 115 Å². The number of benzene rings is 2. The van der Waals surface area contributed by atoms with Gasteiger partial charge in [0.2, 0.25) is 10.0 Å². The van der Waals surface area contributed by atoms with Crippen LogP contribution in [-0.2, 0) is 20.9 Å². The molecule has 1 aliphatic heterocycles. The number of anilines is 1. The van der Waals surface area contributed by atoms with Gasteiger partial charge in [0.25, 0.3) is 0 Å². The SMILES string of the molecule is CSC(NC#N)Nc1cc(Cl)c(-c2ccc(S(=O)(=O)N3CCN(C(=O)OC(C)(C)C)CC3)cc2)c(C(F)(F)F)c1. The number of alkyl halides is 3. The number of ether oxygens (including phenoxy) is 1. The Balaban J connectivity index is 1.84. The highest BCUT2D eigenvalue weighted by molar-refractivity contribution is 7.99. The number of hydrogen-bond acceptors (Lipinski definition) is 8. The van der Waals surface area contributed by atoms with Crippen LogP contribution in [0, 0.1) is 11.5 Å². The molecule has 9 nitrogen and oxygen atoms in total. The van der Waals surface area contributed by atoms with E-state index in [1.165, 1.54) is 51.3 Å². The molecule has 0 spiro atoms. The second kappa shape index (κ2) is 12.3. The van der Waals surface area contributed by atoms with Crippen LogP contribution in [0.15, 0.2) is 41.3 Å². The summed E-state index contributed by atoms with van der Waals surface area (Å²) in [5, 5.41) is 13.8. The second-order valence-corrected chi connectivity index (χ2v) is 13.1. The highest BCUT2D eigenvalue weighted by atomic mass is 35.5. The number of rotatable bonds is 7. The molecule has 0 aliphatic carbocycles. The summed E-state index contributed by atoms with van der Waals surface area (Å²) in [5.74, 6) is 0. The molecule has 0 aromatic heterocycles. The lowest BCUT2D eigenvalue weighted by molar-refractivity contribution is -0.137. The first kappa shape index (κ1) is 31.7. The summed E-state index contributed by atoms with van der Waals surface area (Å²) in [5.41, 5.74) is -2.55. The number of thioether (sulfide) groups is 1. The van der Waals surface area contributed by atoms with Crippen LogP contribution in [0.4, 0.5) is 23.7 Å². The number of amides is 1. The van der Waals surface area contributed by atoms with Gasteiger partial charge in [0.1, 0.15) is 5.60 Å². The molecule has 1 amide bonds. The molecule has 1 unspecified atom stereocenters. The average Bonchev–Trinajstić information content (AvgIpc) is 2.86. The minimum Gasteiger partial charge on any atom is -0.444 e. The summed E-state index contributed by atoms with van der Waals surface area (Å²) in [6.07, 6.45) is -1.91. The Bertz CT molecular complexity index is 1370. The van der Waals surface area contributed by atoms with Gasteiger partial charge < -0.3 is 15.0 Å². The summed E-state index contributed by atoms with van der Waals surface area (Å²) in [7, 11) is -3.97. The molecule has 40 heavy (non-hydrogen) atoms. The van der Waals surface area contributed by atoms with E-state index in [4.69, 9.17) is 21.6 Å². The minimum atomic E-state index is -4.77. The van der Waals surface area contributed by atoms with Crippen molar-refractivity contribution in [3.8, 4) is 17.3 Å². The minimum absolute atomic E-state index is 0.0412. The van der Waals surface area contributed by atoms with E-state index in [0.717, 1.165) is 6.07 Å². The van der Waals surface area contributed by atoms with Crippen molar-refractivity contribution in [2.75, 3.05) is 37.8 Å². The predicted octanol–water partition coefficient (Wildman–Crippen LogP) is 5.40. The third kappa shape index (κ3) is 7.66. The van der Waals surface area contributed by atoms with Crippen molar-refractivity contribution < 1.29 is 31.1 Å². The quantitative estimate of drug-likeness (QED) is 0.241. The molecule has 1 atom stereocenters. The van der Waals surface area contributed by atoms with E-state index in [2.05, 4.69) is 10.6 Å². The largest absolute Gasteiger partial charge is 0.444 e. The van der Waals surface area contributed by atoms with Crippen LogP contribution in [0.3, 0.4) is 0 Å². The standard InChI is InChI=1S/C25H29ClF3N5O4S2/c1-24(2,3)38-23(35)33-9-11-34(12-10-33)40(36,37)18-7-5-16(6-8-18)21-19(25(27,28)29)13-17(14-20(21)26)32-22(39-4)31-15-30/h5-8,13-14,22,31-32H,9-12H2,1-4H3. The molecule has 218 valence electrons. The summed E-state index contributed by atoms with van der Waals surface area (Å²) in [6.45, 7) is 5.57. The van der Waals surface area contributed by atoms with Crippen LogP contribution < -0.4 is 10.6 Å². The molecule has 0 saturated carbocycles. The van der Waals surface area contributed by atoms with E-state index in [1.54, 1.807) is 33.2 Å². The molecule has 1 saturated heterocycles. The highest BCUT2D eigenvalue weighted by Gasteiger charge is 2.36. The van der Waals surface area contributed by atoms with E-state index in [1.807, 2.05) is 0 Å². The number of nitrogens with one attached hydrogen (secondary N) is 2. The van der Waals surface area contributed by atoms with Crippen molar-refractivity contribution >= 4 is 45.2 Å².